The van der Waals surface area contributed by atoms with Gasteiger partial charge >= 0.3 is 5.97 Å². The maximum Gasteiger partial charge on any atom is 0.344 e. The average Bonchev–Trinajstić information content (AvgIpc) is 2.61. The smallest absolute Gasteiger partial charge is 0.344 e. The van der Waals surface area contributed by atoms with E-state index < -0.39 is 5.97 Å². The molecule has 0 saturated carbocycles. The van der Waals surface area contributed by atoms with Crippen LogP contribution in [0.4, 0.5) is 0 Å². The lowest BCUT2D eigenvalue weighted by molar-refractivity contribution is 0.0739. The van der Waals surface area contributed by atoms with Gasteiger partial charge in [0.05, 0.1) is 16.6 Å². The molecule has 1 aromatic heterocycles. The number of fused-ring (bicyclic) bond motifs is 2. The third kappa shape index (κ3) is 2.59. The summed E-state index contributed by atoms with van der Waals surface area (Å²) in [5.74, 6) is 0.0431. The van der Waals surface area contributed by atoms with Crippen LogP contribution in [0.5, 0.6) is 5.75 Å². The van der Waals surface area contributed by atoms with Gasteiger partial charge in [-0.25, -0.2) is 9.78 Å². The normalized spacial score (nSPS) is 10.9. The summed E-state index contributed by atoms with van der Waals surface area (Å²) in [5.41, 5.74) is 2.05. The minimum Gasteiger partial charge on any atom is -0.423 e. The van der Waals surface area contributed by atoms with Crippen LogP contribution >= 0.6 is 11.6 Å². The second-order valence-corrected chi connectivity index (χ2v) is 5.80. The SMILES string of the molecule is O=C(Oc1ccc(Cl)cc1)c1c2ccccc2nc2ccccc12. The lowest BCUT2D eigenvalue weighted by Gasteiger charge is -2.10. The largest absolute Gasteiger partial charge is 0.423 e. The van der Waals surface area contributed by atoms with Crippen LogP contribution in [-0.2, 0) is 0 Å². The van der Waals surface area contributed by atoms with E-state index in [0.29, 0.717) is 16.3 Å². The number of hydrogen-bond acceptors (Lipinski definition) is 3. The van der Waals surface area contributed by atoms with Crippen LogP contribution in [0.2, 0.25) is 5.02 Å². The standard InChI is InChI=1S/C20H12ClNO2/c21-13-9-11-14(12-10-13)24-20(23)19-15-5-1-3-7-17(15)22-18-8-4-2-6-16(18)19/h1-12H. The van der Waals surface area contributed by atoms with E-state index in [4.69, 9.17) is 16.3 Å². The molecule has 0 aliphatic heterocycles. The van der Waals surface area contributed by atoms with Crippen LogP contribution in [0.25, 0.3) is 21.8 Å². The Hall–Kier alpha value is -2.91. The number of aromatic nitrogens is 1. The van der Waals surface area contributed by atoms with E-state index in [1.807, 2.05) is 48.5 Å². The Morgan fingerprint density at radius 2 is 1.33 bits per heavy atom. The Morgan fingerprint density at radius 1 is 0.792 bits per heavy atom. The number of pyridine rings is 1. The van der Waals surface area contributed by atoms with Crippen LogP contribution in [0, 0.1) is 0 Å². The predicted octanol–water partition coefficient (Wildman–Crippen LogP) is 5.26. The molecule has 0 amide bonds. The lowest BCUT2D eigenvalue weighted by atomic mass is 10.0. The number of rotatable bonds is 2. The van der Waals surface area contributed by atoms with E-state index in [2.05, 4.69) is 4.98 Å². The molecule has 0 aliphatic rings. The van der Waals surface area contributed by atoms with Crippen molar-refractivity contribution >= 4 is 39.4 Å². The Bertz CT molecular complexity index is 1000. The molecule has 0 atom stereocenters. The topological polar surface area (TPSA) is 39.2 Å². The zero-order valence-electron chi connectivity index (χ0n) is 12.6. The van der Waals surface area contributed by atoms with E-state index >= 15 is 0 Å². The predicted molar refractivity (Wildman–Crippen MR) is 95.7 cm³/mol. The van der Waals surface area contributed by atoms with Gasteiger partial charge in [-0.05, 0) is 36.4 Å². The number of halogens is 1. The molecule has 4 aromatic rings. The minimum atomic E-state index is -0.410. The fraction of sp³-hybridized carbons (Fsp3) is 0. The molecule has 0 fully saturated rings. The highest BCUT2D eigenvalue weighted by Crippen LogP contribution is 2.27. The summed E-state index contributed by atoms with van der Waals surface area (Å²) in [6.07, 6.45) is 0. The van der Waals surface area contributed by atoms with Gasteiger partial charge in [0.2, 0.25) is 0 Å². The maximum absolute atomic E-state index is 12.8. The second kappa shape index (κ2) is 5.95. The number of esters is 1. The quantitative estimate of drug-likeness (QED) is 0.285. The third-order valence-corrected chi connectivity index (χ3v) is 4.07. The molecule has 0 radical (unpaired) electrons. The molecule has 116 valence electrons. The molecule has 4 heteroatoms. The summed E-state index contributed by atoms with van der Waals surface area (Å²) < 4.78 is 5.55. The van der Waals surface area contributed by atoms with E-state index in [1.165, 1.54) is 0 Å². The first-order valence-electron chi connectivity index (χ1n) is 7.47. The van der Waals surface area contributed by atoms with Crippen LogP contribution in [0.3, 0.4) is 0 Å². The van der Waals surface area contributed by atoms with Crippen molar-refractivity contribution in [3.8, 4) is 5.75 Å². The van der Waals surface area contributed by atoms with Gasteiger partial charge in [0, 0.05) is 15.8 Å². The van der Waals surface area contributed by atoms with Gasteiger partial charge in [0.25, 0.3) is 0 Å². The number of nitrogens with zero attached hydrogens (tertiary/aromatic N) is 1. The number of benzene rings is 3. The first kappa shape index (κ1) is 14.7. The van der Waals surface area contributed by atoms with Crippen molar-refractivity contribution in [2.75, 3.05) is 0 Å². The number of para-hydroxylation sites is 2. The summed E-state index contributed by atoms with van der Waals surface area (Å²) >= 11 is 5.87. The highest BCUT2D eigenvalue weighted by molar-refractivity contribution is 6.30. The summed E-state index contributed by atoms with van der Waals surface area (Å²) in [7, 11) is 0. The van der Waals surface area contributed by atoms with E-state index in [1.54, 1.807) is 24.3 Å². The molecule has 0 N–H and O–H groups in total. The summed E-state index contributed by atoms with van der Waals surface area (Å²) in [5, 5.41) is 2.14. The van der Waals surface area contributed by atoms with Crippen LogP contribution in [0.1, 0.15) is 10.4 Å². The molecule has 3 aromatic carbocycles. The molecular formula is C20H12ClNO2. The summed E-state index contributed by atoms with van der Waals surface area (Å²) in [6.45, 7) is 0. The molecule has 24 heavy (non-hydrogen) atoms. The van der Waals surface area contributed by atoms with Crippen molar-refractivity contribution < 1.29 is 9.53 Å². The average molecular weight is 334 g/mol. The highest BCUT2D eigenvalue weighted by Gasteiger charge is 2.17. The molecular weight excluding hydrogens is 322 g/mol. The molecule has 3 nitrogen and oxygen atoms in total. The number of carbonyl (C=O) groups is 1. The molecule has 0 aliphatic carbocycles. The molecule has 4 rings (SSSR count). The van der Waals surface area contributed by atoms with Crippen molar-refractivity contribution in [1.29, 1.82) is 0 Å². The first-order valence-corrected chi connectivity index (χ1v) is 7.85. The van der Waals surface area contributed by atoms with Crippen molar-refractivity contribution in [2.24, 2.45) is 0 Å². The molecule has 0 spiro atoms. The zero-order valence-corrected chi connectivity index (χ0v) is 13.3. The molecule has 0 unspecified atom stereocenters. The van der Waals surface area contributed by atoms with Crippen LogP contribution < -0.4 is 4.74 Å². The Morgan fingerprint density at radius 3 is 1.92 bits per heavy atom. The van der Waals surface area contributed by atoms with E-state index in [0.717, 1.165) is 21.8 Å². The molecule has 0 bridgehead atoms. The van der Waals surface area contributed by atoms with Crippen molar-refractivity contribution in [1.82, 2.24) is 4.98 Å². The van der Waals surface area contributed by atoms with Gasteiger partial charge < -0.3 is 4.74 Å². The van der Waals surface area contributed by atoms with Gasteiger partial charge in [-0.15, -0.1) is 0 Å². The number of carbonyl (C=O) groups excluding carboxylic acids is 1. The van der Waals surface area contributed by atoms with Crippen molar-refractivity contribution in [3.05, 3.63) is 83.4 Å². The minimum absolute atomic E-state index is 0.410. The second-order valence-electron chi connectivity index (χ2n) is 5.36. The van der Waals surface area contributed by atoms with E-state index in [-0.39, 0.29) is 0 Å². The highest BCUT2D eigenvalue weighted by atomic mass is 35.5. The van der Waals surface area contributed by atoms with Gasteiger partial charge in [0.1, 0.15) is 5.75 Å². The zero-order chi connectivity index (χ0) is 16.5. The lowest BCUT2D eigenvalue weighted by Crippen LogP contribution is -2.10. The first-order chi connectivity index (χ1) is 11.7. The number of ether oxygens (including phenoxy) is 1. The fourth-order valence-corrected chi connectivity index (χ4v) is 2.85. The van der Waals surface area contributed by atoms with Gasteiger partial charge in [-0.1, -0.05) is 48.0 Å². The van der Waals surface area contributed by atoms with E-state index in [9.17, 15) is 4.79 Å². The Labute approximate surface area is 143 Å². The third-order valence-electron chi connectivity index (χ3n) is 3.82. The van der Waals surface area contributed by atoms with Crippen molar-refractivity contribution in [3.63, 3.8) is 0 Å². The summed E-state index contributed by atoms with van der Waals surface area (Å²) in [4.78, 5) is 17.5. The maximum atomic E-state index is 12.8. The Kier molecular flexibility index (Phi) is 3.63. The van der Waals surface area contributed by atoms with Crippen LogP contribution in [-0.4, -0.2) is 11.0 Å². The monoisotopic (exact) mass is 333 g/mol. The molecule has 0 saturated heterocycles. The van der Waals surface area contributed by atoms with Crippen molar-refractivity contribution in [2.45, 2.75) is 0 Å². The number of hydrogen-bond donors (Lipinski definition) is 0. The molecule has 1 heterocycles. The summed E-state index contributed by atoms with van der Waals surface area (Å²) in [6, 6.07) is 21.8. The Balaban J connectivity index is 1.89. The van der Waals surface area contributed by atoms with Gasteiger partial charge in [0.15, 0.2) is 0 Å². The fourth-order valence-electron chi connectivity index (χ4n) is 2.72. The van der Waals surface area contributed by atoms with Gasteiger partial charge in [-0.2, -0.15) is 0 Å². The van der Waals surface area contributed by atoms with Crippen LogP contribution in [0.15, 0.2) is 72.8 Å². The van der Waals surface area contributed by atoms with Gasteiger partial charge in [-0.3, -0.25) is 0 Å².